The zero-order valence-electron chi connectivity index (χ0n) is 20.1. The quantitative estimate of drug-likeness (QED) is 0.0984. The fourth-order valence-electron chi connectivity index (χ4n) is 2.61. The predicted molar refractivity (Wildman–Crippen MR) is 133 cm³/mol. The number of carboxylic acids is 1. The summed E-state index contributed by atoms with van der Waals surface area (Å²) in [5.74, 6) is -1.52. The average molecular weight is 463 g/mol. The van der Waals surface area contributed by atoms with Gasteiger partial charge in [0.15, 0.2) is 0 Å². The second-order valence-corrected chi connectivity index (χ2v) is 7.74. The van der Waals surface area contributed by atoms with Crippen LogP contribution in [0, 0.1) is 0 Å². The van der Waals surface area contributed by atoms with E-state index in [-0.39, 0.29) is 37.8 Å². The number of carbonyl (C=O) groups is 2. The molecule has 6 nitrogen and oxygen atoms in total. The zero-order valence-corrected chi connectivity index (χ0v) is 20.1. The number of esters is 1. The molecule has 0 aromatic carbocycles. The first kappa shape index (κ1) is 30.6. The smallest absolute Gasteiger partial charge is 0.333 e. The van der Waals surface area contributed by atoms with Crippen molar-refractivity contribution < 1.29 is 29.3 Å². The van der Waals surface area contributed by atoms with E-state index < -0.39 is 12.1 Å². The van der Waals surface area contributed by atoms with Crippen LogP contribution in [0.5, 0.6) is 0 Å². The molecule has 0 aliphatic rings. The largest absolute Gasteiger partial charge is 0.478 e. The Balaban J connectivity index is 3.61. The van der Waals surface area contributed by atoms with Gasteiger partial charge < -0.3 is 19.7 Å². The Morgan fingerprint density at radius 1 is 0.848 bits per heavy atom. The van der Waals surface area contributed by atoms with Crippen LogP contribution >= 0.6 is 0 Å². The molecule has 0 aromatic rings. The van der Waals surface area contributed by atoms with Crippen molar-refractivity contribution in [2.75, 3.05) is 19.8 Å². The first-order valence-electron chi connectivity index (χ1n) is 11.9. The number of ether oxygens (including phenoxy) is 2. The summed E-state index contributed by atoms with van der Waals surface area (Å²) in [7, 11) is 0. The van der Waals surface area contributed by atoms with Crippen LogP contribution in [0.2, 0.25) is 0 Å². The van der Waals surface area contributed by atoms with Crippen molar-refractivity contribution in [3.8, 4) is 0 Å². The van der Waals surface area contributed by atoms with Crippen molar-refractivity contribution in [1.82, 2.24) is 0 Å². The molecule has 0 heterocycles. The van der Waals surface area contributed by atoms with E-state index in [9.17, 15) is 14.7 Å². The maximum atomic E-state index is 11.7. The highest BCUT2D eigenvalue weighted by atomic mass is 16.5. The molecular weight excluding hydrogens is 420 g/mol. The highest BCUT2D eigenvalue weighted by Gasteiger charge is 2.10. The van der Waals surface area contributed by atoms with Gasteiger partial charge in [0, 0.05) is 6.42 Å². The topological polar surface area (TPSA) is 93.1 Å². The van der Waals surface area contributed by atoms with Crippen molar-refractivity contribution in [2.24, 2.45) is 0 Å². The predicted octanol–water partition coefficient (Wildman–Crippen LogP) is 5.69. The van der Waals surface area contributed by atoms with E-state index in [1.807, 2.05) is 0 Å². The molecule has 2 N–H and O–H groups in total. The highest BCUT2D eigenvalue weighted by molar-refractivity contribution is 5.85. The minimum absolute atomic E-state index is 0.101. The Morgan fingerprint density at radius 3 is 1.94 bits per heavy atom. The van der Waals surface area contributed by atoms with Crippen molar-refractivity contribution in [1.29, 1.82) is 0 Å². The Hall–Kier alpha value is -2.44. The summed E-state index contributed by atoms with van der Waals surface area (Å²) in [4.78, 5) is 22.2. The van der Waals surface area contributed by atoms with Crippen LogP contribution < -0.4 is 0 Å². The van der Waals surface area contributed by atoms with Crippen LogP contribution in [-0.2, 0) is 19.1 Å². The molecule has 0 rings (SSSR count). The SMILES string of the molecule is C=C(COC[C@@H](O)COC(=O)CCCC=CCC=CCC=CCC=CCCCCC)C(=O)O. The van der Waals surface area contributed by atoms with Crippen LogP contribution in [0.15, 0.2) is 60.8 Å². The maximum absolute atomic E-state index is 11.7. The molecule has 186 valence electrons. The summed E-state index contributed by atoms with van der Waals surface area (Å²) in [6.07, 6.45) is 25.9. The normalized spacial score (nSPS) is 12.9. The van der Waals surface area contributed by atoms with E-state index in [4.69, 9.17) is 14.6 Å². The van der Waals surface area contributed by atoms with Crippen LogP contribution in [-0.4, -0.2) is 48.1 Å². The van der Waals surface area contributed by atoms with Gasteiger partial charge in [-0.15, -0.1) is 0 Å². The van der Waals surface area contributed by atoms with Crippen LogP contribution in [0.25, 0.3) is 0 Å². The van der Waals surface area contributed by atoms with Crippen molar-refractivity contribution in [3.05, 3.63) is 60.8 Å². The van der Waals surface area contributed by atoms with Gasteiger partial charge in [0.25, 0.3) is 0 Å². The lowest BCUT2D eigenvalue weighted by Crippen LogP contribution is -2.24. The van der Waals surface area contributed by atoms with Crippen LogP contribution in [0.3, 0.4) is 0 Å². The number of rotatable bonds is 21. The van der Waals surface area contributed by atoms with Gasteiger partial charge in [-0.3, -0.25) is 4.79 Å². The van der Waals surface area contributed by atoms with Gasteiger partial charge in [0.1, 0.15) is 12.7 Å². The highest BCUT2D eigenvalue weighted by Crippen LogP contribution is 2.03. The Labute approximate surface area is 199 Å². The maximum Gasteiger partial charge on any atom is 0.333 e. The second kappa shape index (κ2) is 22.7. The fourth-order valence-corrected chi connectivity index (χ4v) is 2.61. The first-order chi connectivity index (χ1) is 16.0. The number of hydrogen-bond acceptors (Lipinski definition) is 5. The lowest BCUT2D eigenvalue weighted by molar-refractivity contribution is -0.147. The molecule has 0 saturated carbocycles. The number of carboxylic acid groups (broad SMARTS) is 1. The summed E-state index contributed by atoms with van der Waals surface area (Å²) < 4.78 is 9.99. The fraction of sp³-hybridized carbons (Fsp3) is 0.556. The summed E-state index contributed by atoms with van der Waals surface area (Å²) in [6, 6.07) is 0. The number of unbranched alkanes of at least 4 members (excludes halogenated alkanes) is 4. The molecular formula is C27H42O6. The minimum atomic E-state index is -1.15. The zero-order chi connectivity index (χ0) is 24.6. The molecule has 0 bridgehead atoms. The van der Waals surface area contributed by atoms with Gasteiger partial charge in [-0.05, 0) is 44.9 Å². The first-order valence-corrected chi connectivity index (χ1v) is 11.9. The standard InChI is InChI=1S/C27H42O6/c1-3-4-5-6-7-8-9-10-11-12-13-14-15-16-17-18-19-20-26(29)33-23-25(28)22-32-21-24(2)27(30)31/h7-8,10-11,13-14,16-17,25,28H,2-6,9,12,15,18-23H2,1H3,(H,30,31)/t25-/m1/s1. The Kier molecular flexibility index (Phi) is 21.1. The molecule has 0 radical (unpaired) electrons. The second-order valence-electron chi connectivity index (χ2n) is 7.74. The molecule has 0 aliphatic carbocycles. The Bertz CT molecular complexity index is 645. The van der Waals surface area contributed by atoms with E-state index in [1.54, 1.807) is 0 Å². The monoisotopic (exact) mass is 462 g/mol. The number of allylic oxidation sites excluding steroid dienone is 8. The van der Waals surface area contributed by atoms with Crippen molar-refractivity contribution in [2.45, 2.75) is 77.2 Å². The third kappa shape index (κ3) is 22.5. The van der Waals surface area contributed by atoms with Gasteiger partial charge in [0.2, 0.25) is 0 Å². The Morgan fingerprint density at radius 2 is 1.39 bits per heavy atom. The third-order valence-corrected chi connectivity index (χ3v) is 4.53. The summed E-state index contributed by atoms with van der Waals surface area (Å²) in [5.41, 5.74) is -0.101. The van der Waals surface area contributed by atoms with Gasteiger partial charge in [0.05, 0.1) is 18.8 Å². The number of aliphatic hydroxyl groups excluding tert-OH is 1. The van der Waals surface area contributed by atoms with E-state index in [1.165, 1.54) is 25.7 Å². The molecule has 33 heavy (non-hydrogen) atoms. The molecule has 0 amide bonds. The molecule has 6 heteroatoms. The molecule has 0 fully saturated rings. The lowest BCUT2D eigenvalue weighted by atomic mass is 10.2. The molecule has 0 saturated heterocycles. The number of aliphatic hydroxyl groups is 1. The van der Waals surface area contributed by atoms with Gasteiger partial charge in [-0.25, -0.2) is 4.79 Å². The van der Waals surface area contributed by atoms with E-state index in [0.717, 1.165) is 25.7 Å². The molecule has 1 atom stereocenters. The van der Waals surface area contributed by atoms with Crippen molar-refractivity contribution >= 4 is 11.9 Å². The number of carbonyl (C=O) groups excluding carboxylic acids is 1. The lowest BCUT2D eigenvalue weighted by Gasteiger charge is -2.11. The third-order valence-electron chi connectivity index (χ3n) is 4.53. The molecule has 0 spiro atoms. The van der Waals surface area contributed by atoms with E-state index in [0.29, 0.717) is 6.42 Å². The number of aliphatic carboxylic acids is 1. The summed E-state index contributed by atoms with van der Waals surface area (Å²) in [5, 5.41) is 18.3. The summed E-state index contributed by atoms with van der Waals surface area (Å²) in [6.45, 7) is 5.05. The minimum Gasteiger partial charge on any atom is -0.478 e. The van der Waals surface area contributed by atoms with Crippen LogP contribution in [0.4, 0.5) is 0 Å². The molecule has 0 aliphatic heterocycles. The van der Waals surface area contributed by atoms with Gasteiger partial charge >= 0.3 is 11.9 Å². The van der Waals surface area contributed by atoms with Gasteiger partial charge in [-0.2, -0.15) is 0 Å². The van der Waals surface area contributed by atoms with Crippen molar-refractivity contribution in [3.63, 3.8) is 0 Å². The number of hydrogen-bond donors (Lipinski definition) is 2. The van der Waals surface area contributed by atoms with E-state index in [2.05, 4.69) is 62.1 Å². The summed E-state index contributed by atoms with van der Waals surface area (Å²) >= 11 is 0. The van der Waals surface area contributed by atoms with Gasteiger partial charge in [-0.1, -0.05) is 75.0 Å². The average Bonchev–Trinajstić information content (AvgIpc) is 2.79. The molecule has 0 unspecified atom stereocenters. The van der Waals surface area contributed by atoms with Crippen LogP contribution in [0.1, 0.15) is 71.1 Å². The van der Waals surface area contributed by atoms with E-state index >= 15 is 0 Å². The molecule has 0 aromatic heterocycles.